The van der Waals surface area contributed by atoms with Crippen molar-refractivity contribution in [2.75, 3.05) is 0 Å². The van der Waals surface area contributed by atoms with Gasteiger partial charge in [0, 0.05) is 0 Å². The molecule has 0 aromatic heterocycles. The number of rotatable bonds is 0. The van der Waals surface area contributed by atoms with Crippen LogP contribution in [0.1, 0.15) is 0 Å². The van der Waals surface area contributed by atoms with Gasteiger partial charge in [0.25, 0.3) is 0 Å². The Balaban J connectivity index is 0. The molecule has 0 aliphatic rings. The molecule has 0 aromatic carbocycles. The zero-order valence-electron chi connectivity index (χ0n) is 2.16. The molecule has 29 valence electrons. The van der Waals surface area contributed by atoms with E-state index in [1.165, 1.54) is 0 Å². The van der Waals surface area contributed by atoms with Crippen molar-refractivity contribution in [1.82, 2.24) is 0 Å². The summed E-state index contributed by atoms with van der Waals surface area (Å²) in [5.41, 5.74) is 0. The van der Waals surface area contributed by atoms with Crippen LogP contribution >= 0.6 is 0 Å². The standard InChI is InChI=1S/BO3.Ru/c2-1(3)4;/q-3;+3. The van der Waals surface area contributed by atoms with Gasteiger partial charge in [-0.25, -0.2) is 0 Å². The second kappa shape index (κ2) is 4.57. The van der Waals surface area contributed by atoms with E-state index in [0.29, 0.717) is 0 Å². The van der Waals surface area contributed by atoms with E-state index >= 15 is 0 Å². The van der Waals surface area contributed by atoms with E-state index in [4.69, 9.17) is 15.1 Å². The third kappa shape index (κ3) is 93.3. The van der Waals surface area contributed by atoms with Gasteiger partial charge in [-0.2, -0.15) is 0 Å². The predicted octanol–water partition coefficient (Wildman–Crippen LogP) is -3.95. The fourth-order valence-electron chi connectivity index (χ4n) is 0. The van der Waals surface area contributed by atoms with E-state index in [-0.39, 0.29) is 19.5 Å². The molecule has 0 rings (SSSR count). The van der Waals surface area contributed by atoms with Crippen molar-refractivity contribution in [2.24, 2.45) is 0 Å². The Bertz CT molecular complexity index is 11.6. The molecule has 0 saturated carbocycles. The average molecular weight is 160 g/mol. The second-order valence-electron chi connectivity index (χ2n) is 0.289. The number of hydrogen-bond acceptors (Lipinski definition) is 3. The first-order valence-corrected chi connectivity index (χ1v) is 0.707. The molecular formula is BO3Ru. The van der Waals surface area contributed by atoms with E-state index in [9.17, 15) is 0 Å². The van der Waals surface area contributed by atoms with Crippen LogP contribution in [0.5, 0.6) is 0 Å². The Hall–Kier alpha value is 0.568. The molecule has 0 saturated heterocycles. The third-order valence-electron chi connectivity index (χ3n) is 0. The molecule has 3 nitrogen and oxygen atoms in total. The largest absolute Gasteiger partial charge is 3.00 e. The molecule has 0 spiro atoms. The maximum Gasteiger partial charge on any atom is 3.00 e. The molecule has 0 amide bonds. The molecule has 0 atom stereocenters. The second-order valence-corrected chi connectivity index (χ2v) is 0.289. The van der Waals surface area contributed by atoms with Crippen LogP contribution in [0.2, 0.25) is 0 Å². The summed E-state index contributed by atoms with van der Waals surface area (Å²) >= 11 is 0. The summed E-state index contributed by atoms with van der Waals surface area (Å²) in [6.07, 6.45) is 0. The van der Waals surface area contributed by atoms with Crippen molar-refractivity contribution >= 4 is 7.32 Å². The molecule has 5 heteroatoms. The van der Waals surface area contributed by atoms with Gasteiger partial charge in [-0.3, -0.25) is 7.32 Å². The van der Waals surface area contributed by atoms with Gasteiger partial charge in [0.15, 0.2) is 0 Å². The fourth-order valence-corrected chi connectivity index (χ4v) is 0. The molecule has 1 radical (unpaired) electrons. The zero-order chi connectivity index (χ0) is 3.58. The van der Waals surface area contributed by atoms with Crippen LogP contribution < -0.4 is 15.1 Å². The van der Waals surface area contributed by atoms with Crippen LogP contribution in [0.25, 0.3) is 0 Å². The minimum atomic E-state index is -2.92. The van der Waals surface area contributed by atoms with Crippen molar-refractivity contribution in [3.05, 3.63) is 0 Å². The van der Waals surface area contributed by atoms with Gasteiger partial charge in [0.1, 0.15) is 0 Å². The summed E-state index contributed by atoms with van der Waals surface area (Å²) < 4.78 is 0. The van der Waals surface area contributed by atoms with Crippen molar-refractivity contribution in [1.29, 1.82) is 0 Å². The zero-order valence-corrected chi connectivity index (χ0v) is 3.89. The molecular weight excluding hydrogens is 160 g/mol. The summed E-state index contributed by atoms with van der Waals surface area (Å²) in [6, 6.07) is 0. The van der Waals surface area contributed by atoms with Gasteiger partial charge >= 0.3 is 19.5 Å². The first-order valence-electron chi connectivity index (χ1n) is 0.707. The SMILES string of the molecule is [O-]B([O-])[O-].[Ru+3]. The molecule has 0 aliphatic carbocycles. The van der Waals surface area contributed by atoms with Crippen molar-refractivity contribution in [3.8, 4) is 0 Å². The molecule has 0 aliphatic heterocycles. The normalized spacial score (nSPS) is 5.40. The van der Waals surface area contributed by atoms with Crippen molar-refractivity contribution in [3.63, 3.8) is 0 Å². The van der Waals surface area contributed by atoms with Crippen LogP contribution in [0.4, 0.5) is 0 Å². The van der Waals surface area contributed by atoms with Gasteiger partial charge in [0.05, 0.1) is 0 Å². The van der Waals surface area contributed by atoms with E-state index in [2.05, 4.69) is 0 Å². The van der Waals surface area contributed by atoms with Gasteiger partial charge in [-0.1, -0.05) is 0 Å². The first kappa shape index (κ1) is 9.13. The Labute approximate surface area is 42.6 Å². The van der Waals surface area contributed by atoms with Crippen LogP contribution in [-0.4, -0.2) is 7.32 Å². The Morgan fingerprint density at radius 1 is 1.00 bits per heavy atom. The molecule has 5 heavy (non-hydrogen) atoms. The van der Waals surface area contributed by atoms with Crippen LogP contribution in [0.15, 0.2) is 0 Å². The quantitative estimate of drug-likeness (QED) is 0.339. The summed E-state index contributed by atoms with van der Waals surface area (Å²) in [7, 11) is -2.92. The molecule has 0 N–H and O–H groups in total. The number of hydrogen-bond donors (Lipinski definition) is 0. The minimum Gasteiger partial charge on any atom is -0.907 e. The summed E-state index contributed by atoms with van der Waals surface area (Å²) in [6.45, 7) is 0. The van der Waals surface area contributed by atoms with E-state index in [1.807, 2.05) is 0 Å². The topological polar surface area (TPSA) is 69.2 Å². The third-order valence-corrected chi connectivity index (χ3v) is 0. The molecule has 0 unspecified atom stereocenters. The first-order chi connectivity index (χ1) is 1.73. The van der Waals surface area contributed by atoms with Crippen molar-refractivity contribution in [2.45, 2.75) is 0 Å². The maximum absolute atomic E-state index is 8.42. The smallest absolute Gasteiger partial charge is 0.907 e. The van der Waals surface area contributed by atoms with E-state index in [0.717, 1.165) is 0 Å². The van der Waals surface area contributed by atoms with Crippen LogP contribution in [-0.2, 0) is 19.5 Å². The van der Waals surface area contributed by atoms with Crippen molar-refractivity contribution < 1.29 is 34.6 Å². The Morgan fingerprint density at radius 2 is 1.00 bits per heavy atom. The average Bonchev–Trinajstić information content (AvgIpc) is 0.811. The van der Waals surface area contributed by atoms with Crippen LogP contribution in [0, 0.1) is 0 Å². The summed E-state index contributed by atoms with van der Waals surface area (Å²) in [5.74, 6) is 0. The van der Waals surface area contributed by atoms with E-state index < -0.39 is 7.32 Å². The molecule has 0 bridgehead atoms. The van der Waals surface area contributed by atoms with Gasteiger partial charge in [-0.05, 0) is 0 Å². The van der Waals surface area contributed by atoms with Gasteiger partial charge in [-0.15, -0.1) is 0 Å². The Kier molecular flexibility index (Phi) is 8.34. The molecule has 0 fully saturated rings. The molecule has 0 aromatic rings. The Morgan fingerprint density at radius 3 is 1.00 bits per heavy atom. The summed E-state index contributed by atoms with van der Waals surface area (Å²) in [5, 5.41) is 25.2. The monoisotopic (exact) mass is 161 g/mol. The van der Waals surface area contributed by atoms with Gasteiger partial charge in [0.2, 0.25) is 0 Å². The van der Waals surface area contributed by atoms with E-state index in [1.54, 1.807) is 0 Å². The minimum absolute atomic E-state index is 0. The fraction of sp³-hybridized carbons (Fsp3) is 0. The predicted molar refractivity (Wildman–Crippen MR) is 5.75 cm³/mol. The molecule has 0 heterocycles. The maximum atomic E-state index is 8.42. The van der Waals surface area contributed by atoms with Gasteiger partial charge < -0.3 is 15.1 Å². The van der Waals surface area contributed by atoms with Crippen LogP contribution in [0.3, 0.4) is 0 Å². The summed E-state index contributed by atoms with van der Waals surface area (Å²) in [4.78, 5) is 0.